The number of rotatable bonds is 4. The Morgan fingerprint density at radius 3 is 2.69 bits per heavy atom. The molecule has 0 bridgehead atoms. The summed E-state index contributed by atoms with van der Waals surface area (Å²) < 4.78 is 10.5. The fourth-order valence-corrected chi connectivity index (χ4v) is 1.45. The molecule has 0 aromatic carbocycles. The zero-order valence-corrected chi connectivity index (χ0v) is 9.29. The van der Waals surface area contributed by atoms with Crippen LogP contribution in [0.1, 0.15) is 19.8 Å². The van der Waals surface area contributed by atoms with Crippen LogP contribution >= 0.6 is 15.9 Å². The first kappa shape index (κ1) is 11.2. The number of hydrogen-bond acceptors (Lipinski definition) is 3. The molecular weight excluding hydrogens is 236 g/mol. The number of hydrogen-bond donors (Lipinski definition) is 1. The van der Waals surface area contributed by atoms with Crippen LogP contribution in [0.5, 0.6) is 0 Å². The van der Waals surface area contributed by atoms with Crippen LogP contribution < -0.4 is 0 Å². The minimum absolute atomic E-state index is 0.237. The highest BCUT2D eigenvalue weighted by Crippen LogP contribution is 2.21. The smallest absolute Gasteiger partial charge is 0.160 e. The SMILES string of the molecule is CC(O)(C/C=C/Br)CC1OCCO1. The molecule has 76 valence electrons. The van der Waals surface area contributed by atoms with E-state index in [2.05, 4.69) is 15.9 Å². The Balaban J connectivity index is 2.31. The molecule has 0 spiro atoms. The van der Waals surface area contributed by atoms with Crippen molar-refractivity contribution in [3.8, 4) is 0 Å². The van der Waals surface area contributed by atoms with Crippen molar-refractivity contribution in [2.75, 3.05) is 13.2 Å². The Bertz CT molecular complexity index is 174. The minimum atomic E-state index is -0.751. The lowest BCUT2D eigenvalue weighted by atomic mass is 9.98. The van der Waals surface area contributed by atoms with Crippen molar-refractivity contribution in [3.05, 3.63) is 11.1 Å². The third-order valence-electron chi connectivity index (χ3n) is 1.94. The van der Waals surface area contributed by atoms with Crippen LogP contribution in [-0.2, 0) is 9.47 Å². The van der Waals surface area contributed by atoms with Gasteiger partial charge in [-0.05, 0) is 18.3 Å². The average Bonchev–Trinajstić information content (AvgIpc) is 2.52. The lowest BCUT2D eigenvalue weighted by molar-refractivity contribution is -0.0953. The van der Waals surface area contributed by atoms with Crippen LogP contribution in [-0.4, -0.2) is 30.2 Å². The van der Waals surface area contributed by atoms with Crippen molar-refractivity contribution in [3.63, 3.8) is 0 Å². The summed E-state index contributed by atoms with van der Waals surface area (Å²) in [5.74, 6) is 0. The molecule has 13 heavy (non-hydrogen) atoms. The van der Waals surface area contributed by atoms with E-state index in [1.165, 1.54) is 0 Å². The maximum atomic E-state index is 9.87. The van der Waals surface area contributed by atoms with Crippen molar-refractivity contribution in [2.24, 2.45) is 0 Å². The van der Waals surface area contributed by atoms with E-state index >= 15 is 0 Å². The Kier molecular flexibility index (Phi) is 4.38. The molecule has 1 aliphatic heterocycles. The largest absolute Gasteiger partial charge is 0.390 e. The maximum Gasteiger partial charge on any atom is 0.160 e. The molecule has 1 atom stereocenters. The van der Waals surface area contributed by atoms with E-state index in [0.29, 0.717) is 26.1 Å². The quantitative estimate of drug-likeness (QED) is 0.828. The standard InChI is InChI=1S/C9H15BrO3/c1-9(11,3-2-4-10)7-8-12-5-6-13-8/h2,4,8,11H,3,5-7H2,1H3/b4-2+. The molecule has 1 rings (SSSR count). The van der Waals surface area contributed by atoms with Gasteiger partial charge in [0.25, 0.3) is 0 Å². The Morgan fingerprint density at radius 2 is 2.15 bits per heavy atom. The summed E-state index contributed by atoms with van der Waals surface area (Å²) in [6, 6.07) is 0. The fourth-order valence-electron chi connectivity index (χ4n) is 1.27. The third-order valence-corrected chi connectivity index (χ3v) is 2.32. The predicted molar refractivity (Wildman–Crippen MR) is 53.6 cm³/mol. The molecule has 1 fully saturated rings. The summed E-state index contributed by atoms with van der Waals surface area (Å²) in [5.41, 5.74) is -0.751. The van der Waals surface area contributed by atoms with Gasteiger partial charge in [-0.3, -0.25) is 0 Å². The van der Waals surface area contributed by atoms with E-state index in [-0.39, 0.29) is 6.29 Å². The van der Waals surface area contributed by atoms with Gasteiger partial charge in [0.15, 0.2) is 6.29 Å². The number of aliphatic hydroxyl groups is 1. The lowest BCUT2D eigenvalue weighted by Crippen LogP contribution is -2.29. The topological polar surface area (TPSA) is 38.7 Å². The second-order valence-electron chi connectivity index (χ2n) is 3.44. The molecule has 1 heterocycles. The third kappa shape index (κ3) is 4.22. The second-order valence-corrected chi connectivity index (χ2v) is 3.97. The van der Waals surface area contributed by atoms with Crippen molar-refractivity contribution >= 4 is 15.9 Å². The lowest BCUT2D eigenvalue weighted by Gasteiger charge is -2.24. The van der Waals surface area contributed by atoms with Crippen LogP contribution in [0.15, 0.2) is 11.1 Å². The summed E-state index contributed by atoms with van der Waals surface area (Å²) in [4.78, 5) is 1.75. The highest BCUT2D eigenvalue weighted by atomic mass is 79.9. The van der Waals surface area contributed by atoms with Crippen LogP contribution in [0.2, 0.25) is 0 Å². The molecule has 3 nitrogen and oxygen atoms in total. The number of halogens is 1. The summed E-state index contributed by atoms with van der Waals surface area (Å²) in [6.45, 7) is 3.05. The molecule has 1 aliphatic rings. The first-order chi connectivity index (χ1) is 6.14. The average molecular weight is 251 g/mol. The first-order valence-corrected chi connectivity index (χ1v) is 5.26. The van der Waals surface area contributed by atoms with Gasteiger partial charge in [-0.2, -0.15) is 0 Å². The van der Waals surface area contributed by atoms with Crippen LogP contribution in [0.3, 0.4) is 0 Å². The first-order valence-electron chi connectivity index (χ1n) is 4.35. The molecule has 0 saturated carbocycles. The summed E-state index contributed by atoms with van der Waals surface area (Å²) in [5, 5.41) is 9.87. The van der Waals surface area contributed by atoms with Crippen LogP contribution in [0, 0.1) is 0 Å². The van der Waals surface area contributed by atoms with Gasteiger partial charge in [-0.15, -0.1) is 0 Å². The van der Waals surface area contributed by atoms with Gasteiger partial charge in [-0.25, -0.2) is 0 Å². The second kappa shape index (κ2) is 5.10. The van der Waals surface area contributed by atoms with Crippen molar-refractivity contribution in [1.29, 1.82) is 0 Å². The maximum absolute atomic E-state index is 9.87. The van der Waals surface area contributed by atoms with E-state index < -0.39 is 5.60 Å². The molecule has 0 aliphatic carbocycles. The van der Waals surface area contributed by atoms with Crippen molar-refractivity contribution in [2.45, 2.75) is 31.7 Å². The summed E-state index contributed by atoms with van der Waals surface area (Å²) in [6.07, 6.45) is 2.75. The van der Waals surface area contributed by atoms with E-state index in [9.17, 15) is 5.11 Å². The molecule has 0 aromatic rings. The molecule has 1 N–H and O–H groups in total. The Morgan fingerprint density at radius 1 is 1.54 bits per heavy atom. The van der Waals surface area contributed by atoms with Crippen LogP contribution in [0.4, 0.5) is 0 Å². The number of ether oxygens (including phenoxy) is 2. The molecule has 0 aromatic heterocycles. The van der Waals surface area contributed by atoms with Gasteiger partial charge in [-0.1, -0.05) is 22.0 Å². The summed E-state index contributed by atoms with van der Waals surface area (Å²) >= 11 is 3.16. The molecule has 0 amide bonds. The van der Waals surface area contributed by atoms with E-state index in [0.717, 1.165) is 0 Å². The fraction of sp³-hybridized carbons (Fsp3) is 0.778. The Labute approximate surface area is 86.9 Å². The summed E-state index contributed by atoms with van der Waals surface area (Å²) in [7, 11) is 0. The van der Waals surface area contributed by atoms with Gasteiger partial charge < -0.3 is 14.6 Å². The predicted octanol–water partition coefficient (Wildman–Crippen LogP) is 1.80. The van der Waals surface area contributed by atoms with Gasteiger partial charge in [0.2, 0.25) is 0 Å². The van der Waals surface area contributed by atoms with E-state index in [4.69, 9.17) is 9.47 Å². The minimum Gasteiger partial charge on any atom is -0.390 e. The highest BCUT2D eigenvalue weighted by Gasteiger charge is 2.27. The van der Waals surface area contributed by atoms with Crippen molar-refractivity contribution < 1.29 is 14.6 Å². The molecule has 4 heteroatoms. The van der Waals surface area contributed by atoms with E-state index in [1.54, 1.807) is 11.9 Å². The van der Waals surface area contributed by atoms with Crippen molar-refractivity contribution in [1.82, 2.24) is 0 Å². The molecular formula is C9H15BrO3. The van der Waals surface area contributed by atoms with E-state index in [1.807, 2.05) is 6.08 Å². The Hall–Kier alpha value is 0.1000. The molecule has 1 saturated heterocycles. The molecule has 1 unspecified atom stereocenters. The highest BCUT2D eigenvalue weighted by molar-refractivity contribution is 9.11. The van der Waals surface area contributed by atoms with Gasteiger partial charge in [0.05, 0.1) is 18.8 Å². The van der Waals surface area contributed by atoms with Gasteiger partial charge >= 0.3 is 0 Å². The van der Waals surface area contributed by atoms with Gasteiger partial charge in [0.1, 0.15) is 0 Å². The zero-order valence-electron chi connectivity index (χ0n) is 7.70. The van der Waals surface area contributed by atoms with Crippen LogP contribution in [0.25, 0.3) is 0 Å². The van der Waals surface area contributed by atoms with Gasteiger partial charge in [0, 0.05) is 6.42 Å². The normalized spacial score (nSPS) is 23.9. The molecule has 0 radical (unpaired) electrons. The monoisotopic (exact) mass is 250 g/mol. The zero-order chi connectivity index (χ0) is 9.73.